The molecule has 0 unspecified atom stereocenters. The Morgan fingerprint density at radius 2 is 1.90 bits per heavy atom. The number of aromatic amines is 1. The van der Waals surface area contributed by atoms with Crippen molar-refractivity contribution in [3.63, 3.8) is 0 Å². The number of hydrogen-bond acceptors (Lipinski definition) is 7. The third-order valence-corrected chi connectivity index (χ3v) is 9.34. The van der Waals surface area contributed by atoms with Gasteiger partial charge in [-0.2, -0.15) is 0 Å². The summed E-state index contributed by atoms with van der Waals surface area (Å²) in [6.45, 7) is 12.4. The van der Waals surface area contributed by atoms with Crippen LogP contribution in [0.15, 0.2) is 30.9 Å². The summed E-state index contributed by atoms with van der Waals surface area (Å²) in [4.78, 5) is 24.0. The van der Waals surface area contributed by atoms with E-state index < -0.39 is 6.10 Å². The van der Waals surface area contributed by atoms with Crippen LogP contribution in [-0.4, -0.2) is 64.2 Å². The molecule has 1 aromatic carbocycles. The molecule has 0 amide bonds. The molecule has 4 N–H and O–H groups in total. The van der Waals surface area contributed by atoms with Crippen LogP contribution in [0.4, 0.5) is 5.82 Å². The van der Waals surface area contributed by atoms with Gasteiger partial charge in [0.05, 0.1) is 29.5 Å². The third-order valence-electron chi connectivity index (χ3n) is 9.34. The Labute approximate surface area is 236 Å². The van der Waals surface area contributed by atoms with E-state index in [2.05, 4.69) is 77.7 Å². The SMILES string of the molecule is CC(C)N(C[C@@H]1C[C@@H](O)[C@H](n2cnc3c(N)ncnc32)C1)[C@H]1C[C@H](CCc2nc3cc(C(C)(C)C)ccc3[nH]2)C1. The number of nitrogen functional groups attached to an aromatic ring is 1. The van der Waals surface area contributed by atoms with Crippen LogP contribution in [0.5, 0.6) is 0 Å². The van der Waals surface area contributed by atoms with Gasteiger partial charge in [-0.05, 0) is 80.9 Å². The van der Waals surface area contributed by atoms with Crippen LogP contribution in [0, 0.1) is 11.8 Å². The van der Waals surface area contributed by atoms with Gasteiger partial charge in [0.25, 0.3) is 0 Å². The van der Waals surface area contributed by atoms with Crippen LogP contribution in [0.25, 0.3) is 22.2 Å². The Balaban J connectivity index is 1.03. The molecule has 2 fully saturated rings. The number of H-pyrrole nitrogens is 1. The van der Waals surface area contributed by atoms with E-state index in [1.54, 1.807) is 6.33 Å². The molecule has 2 saturated carbocycles. The quantitative estimate of drug-likeness (QED) is 0.285. The molecule has 3 heterocycles. The molecular weight excluding hydrogens is 500 g/mol. The number of fused-ring (bicyclic) bond motifs is 2. The maximum absolute atomic E-state index is 11.0. The Kier molecular flexibility index (Phi) is 7.07. The van der Waals surface area contributed by atoms with Gasteiger partial charge < -0.3 is 20.4 Å². The highest BCUT2D eigenvalue weighted by Crippen LogP contribution is 2.41. The van der Waals surface area contributed by atoms with Gasteiger partial charge >= 0.3 is 0 Å². The van der Waals surface area contributed by atoms with Crippen molar-refractivity contribution < 1.29 is 5.11 Å². The molecule has 3 aromatic heterocycles. The summed E-state index contributed by atoms with van der Waals surface area (Å²) in [6.07, 6.45) is 9.20. The van der Waals surface area contributed by atoms with Gasteiger partial charge in [0.1, 0.15) is 17.7 Å². The predicted molar refractivity (Wildman–Crippen MR) is 159 cm³/mol. The van der Waals surface area contributed by atoms with Crippen molar-refractivity contribution in [3.05, 3.63) is 42.2 Å². The number of rotatable bonds is 8. The maximum Gasteiger partial charge on any atom is 0.165 e. The predicted octanol–water partition coefficient (Wildman–Crippen LogP) is 5.02. The zero-order valence-electron chi connectivity index (χ0n) is 24.5. The smallest absolute Gasteiger partial charge is 0.165 e. The molecule has 6 rings (SSSR count). The van der Waals surface area contributed by atoms with Gasteiger partial charge in [-0.25, -0.2) is 19.9 Å². The minimum absolute atomic E-state index is 0.0317. The first-order valence-electron chi connectivity index (χ1n) is 14.9. The number of nitrogens with one attached hydrogen (secondary N) is 1. The molecule has 9 nitrogen and oxygen atoms in total. The highest BCUT2D eigenvalue weighted by molar-refractivity contribution is 5.81. The summed E-state index contributed by atoms with van der Waals surface area (Å²) in [6, 6.07) is 7.70. The van der Waals surface area contributed by atoms with E-state index in [0.29, 0.717) is 35.0 Å². The monoisotopic (exact) mass is 544 g/mol. The highest BCUT2D eigenvalue weighted by Gasteiger charge is 2.40. The van der Waals surface area contributed by atoms with Crippen LogP contribution in [-0.2, 0) is 11.8 Å². The van der Waals surface area contributed by atoms with Crippen molar-refractivity contribution in [3.8, 4) is 0 Å². The first kappa shape index (κ1) is 27.1. The average Bonchev–Trinajstić information content (AvgIpc) is 3.57. The number of aromatic nitrogens is 6. The second kappa shape index (κ2) is 10.4. The lowest BCUT2D eigenvalue weighted by Crippen LogP contribution is -2.49. The second-order valence-corrected chi connectivity index (χ2v) is 13.5. The summed E-state index contributed by atoms with van der Waals surface area (Å²) in [5.74, 6) is 2.67. The average molecular weight is 545 g/mol. The van der Waals surface area contributed by atoms with E-state index >= 15 is 0 Å². The van der Waals surface area contributed by atoms with Crippen molar-refractivity contribution in [2.24, 2.45) is 11.8 Å². The van der Waals surface area contributed by atoms with Gasteiger partial charge in [-0.15, -0.1) is 0 Å². The molecule has 2 aliphatic rings. The fourth-order valence-electron chi connectivity index (χ4n) is 6.93. The highest BCUT2D eigenvalue weighted by atomic mass is 16.3. The Hall–Kier alpha value is -3.04. The number of aryl methyl sites for hydroxylation is 1. The summed E-state index contributed by atoms with van der Waals surface area (Å²) in [5, 5.41) is 11.0. The Morgan fingerprint density at radius 1 is 1.10 bits per heavy atom. The van der Waals surface area contributed by atoms with E-state index in [4.69, 9.17) is 10.7 Å². The maximum atomic E-state index is 11.0. The van der Waals surface area contributed by atoms with Gasteiger partial charge in [0.2, 0.25) is 0 Å². The fraction of sp³-hybridized carbons (Fsp3) is 0.613. The van der Waals surface area contributed by atoms with E-state index in [1.165, 1.54) is 31.2 Å². The molecule has 0 aliphatic heterocycles. The number of nitrogens with zero attached hydrogens (tertiary/aromatic N) is 6. The van der Waals surface area contributed by atoms with Gasteiger partial charge in [0.15, 0.2) is 11.5 Å². The van der Waals surface area contributed by atoms with Crippen molar-refractivity contribution in [2.45, 2.75) is 103 Å². The summed E-state index contributed by atoms with van der Waals surface area (Å²) < 4.78 is 2.00. The number of aliphatic hydroxyl groups excluding tert-OH is 1. The molecule has 0 spiro atoms. The first-order valence-corrected chi connectivity index (χ1v) is 14.9. The summed E-state index contributed by atoms with van der Waals surface area (Å²) in [7, 11) is 0. The van der Waals surface area contributed by atoms with E-state index in [9.17, 15) is 5.11 Å². The van der Waals surface area contributed by atoms with E-state index in [1.807, 2.05) is 4.57 Å². The number of nitrogens with two attached hydrogens (primary N) is 1. The number of anilines is 1. The summed E-state index contributed by atoms with van der Waals surface area (Å²) >= 11 is 0. The zero-order chi connectivity index (χ0) is 28.2. The van der Waals surface area contributed by atoms with E-state index in [0.717, 1.165) is 48.6 Å². The molecule has 214 valence electrons. The number of hydrogen-bond donors (Lipinski definition) is 3. The van der Waals surface area contributed by atoms with Crippen LogP contribution in [0.1, 0.15) is 84.2 Å². The van der Waals surface area contributed by atoms with Crippen molar-refractivity contribution >= 4 is 28.0 Å². The Bertz CT molecular complexity index is 1480. The lowest BCUT2D eigenvalue weighted by Gasteiger charge is -2.46. The van der Waals surface area contributed by atoms with Crippen molar-refractivity contribution in [2.75, 3.05) is 12.3 Å². The van der Waals surface area contributed by atoms with Crippen molar-refractivity contribution in [1.29, 1.82) is 0 Å². The minimum Gasteiger partial charge on any atom is -0.391 e. The first-order chi connectivity index (χ1) is 19.1. The fourth-order valence-corrected chi connectivity index (χ4v) is 6.93. The number of benzene rings is 1. The van der Waals surface area contributed by atoms with Gasteiger partial charge in [0, 0.05) is 25.0 Å². The molecule has 3 atom stereocenters. The number of imidazole rings is 2. The largest absolute Gasteiger partial charge is 0.391 e. The summed E-state index contributed by atoms with van der Waals surface area (Å²) in [5.41, 5.74) is 11.0. The second-order valence-electron chi connectivity index (χ2n) is 13.5. The molecule has 2 aliphatic carbocycles. The molecule has 4 aromatic rings. The van der Waals surface area contributed by atoms with E-state index in [-0.39, 0.29) is 11.5 Å². The molecule has 40 heavy (non-hydrogen) atoms. The normalized spacial score (nSPS) is 25.4. The Morgan fingerprint density at radius 3 is 2.65 bits per heavy atom. The van der Waals surface area contributed by atoms with Gasteiger partial charge in [-0.3, -0.25) is 4.90 Å². The molecule has 0 bridgehead atoms. The molecule has 9 heteroatoms. The zero-order valence-corrected chi connectivity index (χ0v) is 24.5. The molecular formula is C31H44N8O. The number of aliphatic hydroxyl groups is 1. The van der Waals surface area contributed by atoms with Crippen LogP contribution in [0.3, 0.4) is 0 Å². The lowest BCUT2D eigenvalue weighted by molar-refractivity contribution is 0.0355. The van der Waals surface area contributed by atoms with Crippen LogP contribution < -0.4 is 5.73 Å². The topological polar surface area (TPSA) is 122 Å². The third kappa shape index (κ3) is 5.21. The van der Waals surface area contributed by atoms with Gasteiger partial charge in [-0.1, -0.05) is 26.8 Å². The van der Waals surface area contributed by atoms with Crippen LogP contribution >= 0.6 is 0 Å². The molecule has 0 radical (unpaired) electrons. The standard InChI is InChI=1S/C31H44N8O/c1-18(2)38(15-20-12-25(26(40)13-20)39-17-35-28-29(32)33-16-34-30(28)39)22-10-19(11-22)6-9-27-36-23-8-7-21(31(3,4)5)14-24(23)37-27/h7-8,14,16-20,22,25-26,40H,6,9-13,15H2,1-5H3,(H,36,37)(H2,32,33,34)/t19-,20-,22-,25+,26+/m0/s1. The minimum atomic E-state index is -0.412. The van der Waals surface area contributed by atoms with Crippen molar-refractivity contribution in [1.82, 2.24) is 34.4 Å². The molecule has 0 saturated heterocycles. The van der Waals surface area contributed by atoms with Crippen LogP contribution in [0.2, 0.25) is 0 Å². The lowest BCUT2D eigenvalue weighted by atomic mass is 9.76.